The maximum Gasteiger partial charge on any atom is 0.276 e. The number of furan rings is 1. The summed E-state index contributed by atoms with van der Waals surface area (Å²) in [6, 6.07) is 3.00. The van der Waals surface area contributed by atoms with E-state index in [0.29, 0.717) is 6.54 Å². The fourth-order valence-corrected chi connectivity index (χ4v) is 5.25. The van der Waals surface area contributed by atoms with E-state index in [4.69, 9.17) is 4.42 Å². The van der Waals surface area contributed by atoms with E-state index < -0.39 is 10.0 Å². The van der Waals surface area contributed by atoms with Gasteiger partial charge in [0.2, 0.25) is 5.09 Å². The maximum atomic E-state index is 12.6. The standard InChI is InChI=1S/C14H21NO4S/c16-13-7-2-1-5-11(13)12-6-3-9-15(12)20(17,18)14-8-4-10-19-14/h4,8,10-13,16H,1-3,5-7,9H2/t11-,12-,13+/m1/s1. The first-order valence-corrected chi connectivity index (χ1v) is 8.78. The number of aliphatic hydroxyl groups is 1. The van der Waals surface area contributed by atoms with Gasteiger partial charge in [-0.25, -0.2) is 8.42 Å². The lowest BCUT2D eigenvalue weighted by molar-refractivity contribution is 0.0384. The zero-order valence-corrected chi connectivity index (χ0v) is 12.3. The van der Waals surface area contributed by atoms with Crippen LogP contribution >= 0.6 is 0 Å². The van der Waals surface area contributed by atoms with Crippen molar-refractivity contribution in [2.75, 3.05) is 6.54 Å². The van der Waals surface area contributed by atoms with E-state index in [9.17, 15) is 13.5 Å². The molecule has 1 aromatic heterocycles. The fourth-order valence-electron chi connectivity index (χ4n) is 3.61. The second-order valence-corrected chi connectivity index (χ2v) is 7.59. The van der Waals surface area contributed by atoms with Crippen molar-refractivity contribution in [1.82, 2.24) is 4.31 Å². The average molecular weight is 299 g/mol. The predicted octanol–water partition coefficient (Wildman–Crippen LogP) is 1.98. The van der Waals surface area contributed by atoms with Gasteiger partial charge < -0.3 is 9.52 Å². The van der Waals surface area contributed by atoms with Crippen LogP contribution in [0.3, 0.4) is 0 Å². The van der Waals surface area contributed by atoms with Gasteiger partial charge in [0.25, 0.3) is 10.0 Å². The van der Waals surface area contributed by atoms with Gasteiger partial charge in [0.15, 0.2) is 0 Å². The minimum absolute atomic E-state index is 0.00898. The van der Waals surface area contributed by atoms with Crippen LogP contribution in [0.5, 0.6) is 0 Å². The summed E-state index contributed by atoms with van der Waals surface area (Å²) in [7, 11) is -3.56. The minimum atomic E-state index is -3.56. The molecule has 6 heteroatoms. The third-order valence-corrected chi connectivity index (χ3v) is 6.39. The summed E-state index contributed by atoms with van der Waals surface area (Å²) in [5.41, 5.74) is 0. The number of hydrogen-bond donors (Lipinski definition) is 1. The molecule has 2 fully saturated rings. The van der Waals surface area contributed by atoms with Crippen molar-refractivity contribution in [3.05, 3.63) is 18.4 Å². The summed E-state index contributed by atoms with van der Waals surface area (Å²) in [5, 5.41) is 10.2. The molecule has 1 aliphatic carbocycles. The molecule has 3 rings (SSSR count). The van der Waals surface area contributed by atoms with Crippen LogP contribution in [-0.4, -0.2) is 36.5 Å². The quantitative estimate of drug-likeness (QED) is 0.926. The Hall–Kier alpha value is -0.850. The van der Waals surface area contributed by atoms with Gasteiger partial charge in [-0.1, -0.05) is 12.8 Å². The highest BCUT2D eigenvalue weighted by Gasteiger charge is 2.43. The molecule has 0 spiro atoms. The van der Waals surface area contributed by atoms with Crippen molar-refractivity contribution in [1.29, 1.82) is 0 Å². The molecular formula is C14H21NO4S. The zero-order chi connectivity index (χ0) is 14.2. The number of aliphatic hydroxyl groups excluding tert-OH is 1. The number of sulfonamides is 1. The van der Waals surface area contributed by atoms with E-state index in [1.54, 1.807) is 10.4 Å². The third kappa shape index (κ3) is 2.40. The van der Waals surface area contributed by atoms with Crippen LogP contribution in [0.1, 0.15) is 38.5 Å². The van der Waals surface area contributed by atoms with E-state index in [1.165, 1.54) is 12.3 Å². The summed E-state index contributed by atoms with van der Waals surface area (Å²) in [6.45, 7) is 0.525. The molecule has 20 heavy (non-hydrogen) atoms. The maximum absolute atomic E-state index is 12.6. The van der Waals surface area contributed by atoms with Crippen LogP contribution in [0.2, 0.25) is 0 Å². The molecule has 0 aromatic carbocycles. The van der Waals surface area contributed by atoms with Crippen LogP contribution in [0.25, 0.3) is 0 Å². The first-order valence-electron chi connectivity index (χ1n) is 7.34. The Morgan fingerprint density at radius 3 is 2.70 bits per heavy atom. The van der Waals surface area contributed by atoms with E-state index in [-0.39, 0.29) is 23.2 Å². The van der Waals surface area contributed by atoms with Crippen molar-refractivity contribution in [3.63, 3.8) is 0 Å². The van der Waals surface area contributed by atoms with Gasteiger partial charge in [-0.05, 0) is 37.8 Å². The Balaban J connectivity index is 1.85. The molecule has 3 atom stereocenters. The summed E-state index contributed by atoms with van der Waals surface area (Å²) in [4.78, 5) is 0. The normalized spacial score (nSPS) is 32.5. The number of hydrogen-bond acceptors (Lipinski definition) is 4. The van der Waals surface area contributed by atoms with Gasteiger partial charge in [-0.15, -0.1) is 0 Å². The molecule has 0 amide bonds. The number of nitrogens with zero attached hydrogens (tertiary/aromatic N) is 1. The Bertz CT molecular complexity index is 540. The van der Waals surface area contributed by atoms with Crippen molar-refractivity contribution in [2.24, 2.45) is 5.92 Å². The molecule has 0 unspecified atom stereocenters. The van der Waals surface area contributed by atoms with Crippen LogP contribution in [-0.2, 0) is 10.0 Å². The van der Waals surface area contributed by atoms with Gasteiger partial charge in [0, 0.05) is 18.5 Å². The Labute approximate surface area is 119 Å². The van der Waals surface area contributed by atoms with Crippen molar-refractivity contribution < 1.29 is 17.9 Å². The molecule has 1 saturated carbocycles. The summed E-state index contributed by atoms with van der Waals surface area (Å²) >= 11 is 0. The van der Waals surface area contributed by atoms with Crippen molar-refractivity contribution in [3.8, 4) is 0 Å². The minimum Gasteiger partial charge on any atom is -0.452 e. The predicted molar refractivity (Wildman–Crippen MR) is 73.6 cm³/mol. The molecule has 5 nitrogen and oxygen atoms in total. The average Bonchev–Trinajstić information content (AvgIpc) is 3.11. The second-order valence-electron chi connectivity index (χ2n) is 5.77. The largest absolute Gasteiger partial charge is 0.452 e. The number of rotatable bonds is 3. The Morgan fingerprint density at radius 1 is 1.20 bits per heavy atom. The monoisotopic (exact) mass is 299 g/mol. The summed E-state index contributed by atoms with van der Waals surface area (Å²) in [5.74, 6) is 0.0657. The fraction of sp³-hybridized carbons (Fsp3) is 0.714. The molecule has 1 N–H and O–H groups in total. The highest BCUT2D eigenvalue weighted by Crippen LogP contribution is 2.37. The van der Waals surface area contributed by atoms with Crippen LogP contribution < -0.4 is 0 Å². The highest BCUT2D eigenvalue weighted by atomic mass is 32.2. The first kappa shape index (κ1) is 14.1. The summed E-state index contributed by atoms with van der Waals surface area (Å²) < 4.78 is 31.8. The van der Waals surface area contributed by atoms with Crippen molar-refractivity contribution >= 4 is 10.0 Å². The lowest BCUT2D eigenvalue weighted by Crippen LogP contribution is -2.45. The third-order valence-electron chi connectivity index (χ3n) is 4.58. The Kier molecular flexibility index (Phi) is 3.88. The van der Waals surface area contributed by atoms with Gasteiger partial charge in [0.05, 0.1) is 12.4 Å². The van der Waals surface area contributed by atoms with Gasteiger partial charge in [0.1, 0.15) is 0 Å². The SMILES string of the molecule is O=S(=O)(c1ccco1)N1CCC[C@@H]1[C@H]1CCCC[C@@H]1O. The highest BCUT2D eigenvalue weighted by molar-refractivity contribution is 7.89. The smallest absolute Gasteiger partial charge is 0.276 e. The van der Waals surface area contributed by atoms with Crippen molar-refractivity contribution in [2.45, 2.75) is 55.8 Å². The lowest BCUT2D eigenvalue weighted by atomic mass is 9.81. The Morgan fingerprint density at radius 2 is 2.00 bits per heavy atom. The topological polar surface area (TPSA) is 70.8 Å². The molecule has 1 aromatic rings. The van der Waals surface area contributed by atoms with E-state index in [2.05, 4.69) is 0 Å². The molecular weight excluding hydrogens is 278 g/mol. The van der Waals surface area contributed by atoms with E-state index in [1.807, 2.05) is 0 Å². The summed E-state index contributed by atoms with van der Waals surface area (Å²) in [6.07, 6.45) is 6.51. The molecule has 2 heterocycles. The molecule has 1 saturated heterocycles. The molecule has 0 radical (unpaired) electrons. The van der Waals surface area contributed by atoms with Crippen LogP contribution in [0.4, 0.5) is 0 Å². The molecule has 2 aliphatic rings. The molecule has 112 valence electrons. The van der Waals surface area contributed by atoms with Crippen LogP contribution in [0.15, 0.2) is 27.9 Å². The van der Waals surface area contributed by atoms with E-state index in [0.717, 1.165) is 38.5 Å². The zero-order valence-electron chi connectivity index (χ0n) is 11.4. The van der Waals surface area contributed by atoms with Crippen LogP contribution in [0, 0.1) is 5.92 Å². The van der Waals surface area contributed by atoms with E-state index >= 15 is 0 Å². The lowest BCUT2D eigenvalue weighted by Gasteiger charge is -2.36. The molecule has 0 bridgehead atoms. The second kappa shape index (κ2) is 5.50. The van der Waals surface area contributed by atoms with Gasteiger partial charge in [-0.3, -0.25) is 0 Å². The van der Waals surface area contributed by atoms with Gasteiger partial charge in [-0.2, -0.15) is 4.31 Å². The molecule has 1 aliphatic heterocycles. The first-order chi connectivity index (χ1) is 9.60. The van der Waals surface area contributed by atoms with Gasteiger partial charge >= 0.3 is 0 Å².